The van der Waals surface area contributed by atoms with E-state index in [-0.39, 0.29) is 0 Å². The highest BCUT2D eigenvalue weighted by Gasteiger charge is 2.27. The summed E-state index contributed by atoms with van der Waals surface area (Å²) in [6.45, 7) is 4.40. The summed E-state index contributed by atoms with van der Waals surface area (Å²) in [7, 11) is 0. The third-order valence-corrected chi connectivity index (χ3v) is 5.31. The number of hydrogen-bond acceptors (Lipinski definition) is 3. The highest BCUT2D eigenvalue weighted by molar-refractivity contribution is 5.72. The van der Waals surface area contributed by atoms with E-state index in [2.05, 4.69) is 40.9 Å². The molecule has 1 aliphatic carbocycles. The van der Waals surface area contributed by atoms with Crippen LogP contribution >= 0.6 is 0 Å². The zero-order chi connectivity index (χ0) is 16.0. The summed E-state index contributed by atoms with van der Waals surface area (Å²) in [5.41, 5.74) is 6.71. The van der Waals surface area contributed by atoms with Crippen molar-refractivity contribution in [2.45, 2.75) is 52.0 Å². The van der Waals surface area contributed by atoms with Gasteiger partial charge < -0.3 is 9.88 Å². The van der Waals surface area contributed by atoms with Crippen molar-refractivity contribution in [1.82, 2.24) is 14.9 Å². The fourth-order valence-corrected chi connectivity index (χ4v) is 4.13. The zero-order valence-electron chi connectivity index (χ0n) is 13.9. The molecule has 0 radical (unpaired) electrons. The van der Waals surface area contributed by atoms with Gasteiger partial charge in [0.25, 0.3) is 0 Å². The third-order valence-electron chi connectivity index (χ3n) is 5.31. The zero-order valence-corrected chi connectivity index (χ0v) is 13.9. The van der Waals surface area contributed by atoms with Crippen LogP contribution in [0, 0.1) is 11.3 Å². The van der Waals surface area contributed by atoms with Crippen molar-refractivity contribution in [3.63, 3.8) is 0 Å². The van der Waals surface area contributed by atoms with Gasteiger partial charge in [-0.3, -0.25) is 5.41 Å². The molecule has 0 spiro atoms. The van der Waals surface area contributed by atoms with E-state index in [4.69, 9.17) is 5.41 Å². The molecule has 1 saturated carbocycles. The third kappa shape index (κ3) is 2.56. The van der Waals surface area contributed by atoms with E-state index in [0.29, 0.717) is 17.4 Å². The number of fused-ring (bicyclic) bond motifs is 1. The predicted octanol–water partition coefficient (Wildman–Crippen LogP) is 3.66. The van der Waals surface area contributed by atoms with E-state index in [1.807, 2.05) is 12.4 Å². The topological polar surface area (TPSA) is 53.7 Å². The van der Waals surface area contributed by atoms with Crippen LogP contribution in [0.3, 0.4) is 0 Å². The van der Waals surface area contributed by atoms with Crippen molar-refractivity contribution in [2.24, 2.45) is 5.92 Å². The second-order valence-electron chi connectivity index (χ2n) is 7.11. The molecule has 120 valence electrons. The number of nitrogens with one attached hydrogen (secondary N) is 2. The Kier molecular flexibility index (Phi) is 3.47. The van der Waals surface area contributed by atoms with Crippen molar-refractivity contribution in [1.29, 1.82) is 5.41 Å². The first kappa shape index (κ1) is 14.5. The molecule has 0 amide bonds. The Balaban J connectivity index is 1.76. The molecule has 1 aromatic heterocycles. The lowest BCUT2D eigenvalue weighted by Gasteiger charge is -2.23. The van der Waals surface area contributed by atoms with E-state index in [1.165, 1.54) is 48.2 Å². The molecule has 4 heteroatoms. The Morgan fingerprint density at radius 2 is 2.04 bits per heavy atom. The number of hydrogen-bond donors (Lipinski definition) is 2. The van der Waals surface area contributed by atoms with Crippen LogP contribution < -0.4 is 10.8 Å². The SMILES string of the molecule is CC1=CC(=C2CC(C)n3cnc(=N)cc32)NC(C2CCCC2)=C1. The van der Waals surface area contributed by atoms with Gasteiger partial charge in [-0.1, -0.05) is 12.8 Å². The predicted molar refractivity (Wildman–Crippen MR) is 91.3 cm³/mol. The van der Waals surface area contributed by atoms with Crippen LogP contribution in [0.4, 0.5) is 0 Å². The summed E-state index contributed by atoms with van der Waals surface area (Å²) in [4.78, 5) is 4.13. The lowest BCUT2D eigenvalue weighted by molar-refractivity contribution is 0.579. The van der Waals surface area contributed by atoms with Crippen LogP contribution in [0.2, 0.25) is 0 Å². The van der Waals surface area contributed by atoms with E-state index in [0.717, 1.165) is 12.1 Å². The van der Waals surface area contributed by atoms with Crippen molar-refractivity contribution < 1.29 is 0 Å². The molecule has 2 N–H and O–H groups in total. The van der Waals surface area contributed by atoms with Crippen LogP contribution in [0.5, 0.6) is 0 Å². The van der Waals surface area contributed by atoms with Crippen molar-refractivity contribution in [3.05, 3.63) is 52.7 Å². The smallest absolute Gasteiger partial charge is 0.148 e. The molecule has 1 unspecified atom stereocenters. The maximum absolute atomic E-state index is 7.85. The lowest BCUT2D eigenvalue weighted by atomic mass is 9.96. The van der Waals surface area contributed by atoms with Crippen LogP contribution in [-0.2, 0) is 0 Å². The summed E-state index contributed by atoms with van der Waals surface area (Å²) < 4.78 is 2.19. The van der Waals surface area contributed by atoms with Crippen molar-refractivity contribution in [3.8, 4) is 0 Å². The van der Waals surface area contributed by atoms with Crippen LogP contribution in [0.25, 0.3) is 5.57 Å². The Labute approximate surface area is 137 Å². The summed E-state index contributed by atoms with van der Waals surface area (Å²) in [6, 6.07) is 2.29. The first-order valence-corrected chi connectivity index (χ1v) is 8.65. The summed E-state index contributed by atoms with van der Waals surface area (Å²) >= 11 is 0. The number of nitrogens with zero attached hydrogens (tertiary/aromatic N) is 2. The number of dihydropyridines is 1. The van der Waals surface area contributed by atoms with Gasteiger partial charge in [-0.05, 0) is 56.8 Å². The number of rotatable bonds is 1. The normalized spacial score (nSPS) is 27.5. The summed E-state index contributed by atoms with van der Waals surface area (Å²) in [5.74, 6) is 0.685. The van der Waals surface area contributed by atoms with Gasteiger partial charge in [0, 0.05) is 29.1 Å². The molecule has 0 saturated heterocycles. The fourth-order valence-electron chi connectivity index (χ4n) is 4.13. The minimum atomic E-state index is 0.339. The molecule has 4 nitrogen and oxygen atoms in total. The molecule has 3 aliphatic rings. The molecule has 3 heterocycles. The van der Waals surface area contributed by atoms with Gasteiger partial charge in [-0.2, -0.15) is 0 Å². The largest absolute Gasteiger partial charge is 0.358 e. The van der Waals surface area contributed by atoms with Crippen molar-refractivity contribution in [2.75, 3.05) is 0 Å². The molecular weight excluding hydrogens is 284 g/mol. The van der Waals surface area contributed by atoms with E-state index < -0.39 is 0 Å². The van der Waals surface area contributed by atoms with Crippen LogP contribution in [0.1, 0.15) is 57.7 Å². The molecular formula is C19H24N4. The monoisotopic (exact) mass is 308 g/mol. The molecule has 1 aromatic rings. The first-order chi connectivity index (χ1) is 11.1. The molecule has 1 atom stereocenters. The van der Waals surface area contributed by atoms with E-state index >= 15 is 0 Å². The van der Waals surface area contributed by atoms with Gasteiger partial charge >= 0.3 is 0 Å². The molecule has 0 aromatic carbocycles. The van der Waals surface area contributed by atoms with Gasteiger partial charge in [-0.25, -0.2) is 4.98 Å². The van der Waals surface area contributed by atoms with Gasteiger partial charge in [0.05, 0.1) is 12.0 Å². The standard InChI is InChI=1S/C19H24N4/c1-12-7-16(14-5-3-4-6-14)22-17(8-12)15-9-13(2)23-11-21-19(20)10-18(15)23/h7-8,10-11,13-14,20,22H,3-6,9H2,1-2H3. The first-order valence-electron chi connectivity index (χ1n) is 8.65. The highest BCUT2D eigenvalue weighted by Crippen LogP contribution is 2.38. The number of allylic oxidation sites excluding steroid dienone is 5. The van der Waals surface area contributed by atoms with Crippen LogP contribution in [0.15, 0.2) is 41.5 Å². The Morgan fingerprint density at radius 1 is 1.26 bits per heavy atom. The maximum atomic E-state index is 7.85. The highest BCUT2D eigenvalue weighted by atomic mass is 15.1. The molecule has 23 heavy (non-hydrogen) atoms. The van der Waals surface area contributed by atoms with E-state index in [9.17, 15) is 0 Å². The molecule has 4 rings (SSSR count). The van der Waals surface area contributed by atoms with E-state index in [1.54, 1.807) is 0 Å². The minimum Gasteiger partial charge on any atom is -0.358 e. The molecule has 1 fully saturated rings. The van der Waals surface area contributed by atoms with Crippen molar-refractivity contribution >= 4 is 5.57 Å². The Morgan fingerprint density at radius 3 is 2.83 bits per heavy atom. The minimum absolute atomic E-state index is 0.339. The second kappa shape index (κ2) is 5.52. The lowest BCUT2D eigenvalue weighted by Crippen LogP contribution is -2.22. The Hall–Kier alpha value is -2.10. The summed E-state index contributed by atoms with van der Waals surface area (Å²) in [6.07, 6.45) is 12.7. The van der Waals surface area contributed by atoms with Crippen LogP contribution in [-0.4, -0.2) is 9.55 Å². The van der Waals surface area contributed by atoms with Gasteiger partial charge in [-0.15, -0.1) is 0 Å². The van der Waals surface area contributed by atoms with Gasteiger partial charge in [0.15, 0.2) is 0 Å². The number of aromatic nitrogens is 2. The summed E-state index contributed by atoms with van der Waals surface area (Å²) in [5, 5.41) is 11.6. The van der Waals surface area contributed by atoms with Gasteiger partial charge in [0.2, 0.25) is 0 Å². The average Bonchev–Trinajstić information content (AvgIpc) is 3.15. The van der Waals surface area contributed by atoms with Gasteiger partial charge in [0.1, 0.15) is 5.49 Å². The Bertz CT molecular complexity index is 788. The fraction of sp³-hybridized carbons (Fsp3) is 0.474. The second-order valence-corrected chi connectivity index (χ2v) is 7.11. The maximum Gasteiger partial charge on any atom is 0.148 e. The quantitative estimate of drug-likeness (QED) is 0.832. The average molecular weight is 308 g/mol. The molecule has 0 bridgehead atoms. The molecule has 2 aliphatic heterocycles.